The van der Waals surface area contributed by atoms with Gasteiger partial charge in [-0.15, -0.1) is 0 Å². The van der Waals surface area contributed by atoms with Crippen molar-refractivity contribution in [1.29, 1.82) is 0 Å². The van der Waals surface area contributed by atoms with Crippen molar-refractivity contribution in [3.8, 4) is 0 Å². The van der Waals surface area contributed by atoms with E-state index in [2.05, 4.69) is 10.0 Å². The Morgan fingerprint density at radius 2 is 1.69 bits per heavy atom. The van der Waals surface area contributed by atoms with Crippen LogP contribution in [0, 0.1) is 13.8 Å². The first-order valence-electron chi connectivity index (χ1n) is 8.87. The van der Waals surface area contributed by atoms with Crippen molar-refractivity contribution in [3.63, 3.8) is 0 Å². The lowest BCUT2D eigenvalue weighted by atomic mass is 10.1. The van der Waals surface area contributed by atoms with E-state index in [4.69, 9.17) is 0 Å². The fourth-order valence-corrected chi connectivity index (χ4v) is 4.66. The van der Waals surface area contributed by atoms with E-state index in [1.807, 2.05) is 19.1 Å². The van der Waals surface area contributed by atoms with Gasteiger partial charge in [-0.3, -0.25) is 9.52 Å². The minimum atomic E-state index is -3.78. The van der Waals surface area contributed by atoms with Crippen molar-refractivity contribution >= 4 is 21.6 Å². The highest BCUT2D eigenvalue weighted by Gasteiger charge is 2.22. The zero-order valence-corrected chi connectivity index (χ0v) is 15.9. The Balaban J connectivity index is 1.86. The molecule has 138 valence electrons. The van der Waals surface area contributed by atoms with Crippen molar-refractivity contribution in [3.05, 3.63) is 59.2 Å². The van der Waals surface area contributed by atoms with Crippen LogP contribution in [0.5, 0.6) is 0 Å². The number of amides is 1. The monoisotopic (exact) mass is 372 g/mol. The van der Waals surface area contributed by atoms with Gasteiger partial charge in [-0.2, -0.15) is 0 Å². The SMILES string of the molecule is Cc1ccccc1NS(=O)(=O)c1cc(C(=O)NC2CCCC2)ccc1C. The molecule has 0 aromatic heterocycles. The Morgan fingerprint density at radius 3 is 2.38 bits per heavy atom. The van der Waals surface area contributed by atoms with E-state index in [1.54, 1.807) is 31.2 Å². The summed E-state index contributed by atoms with van der Waals surface area (Å²) in [6.45, 7) is 3.57. The maximum atomic E-state index is 12.9. The quantitative estimate of drug-likeness (QED) is 0.839. The molecule has 0 aliphatic heterocycles. The highest BCUT2D eigenvalue weighted by atomic mass is 32.2. The molecule has 2 aromatic rings. The summed E-state index contributed by atoms with van der Waals surface area (Å²) in [6.07, 6.45) is 4.22. The predicted molar refractivity (Wildman–Crippen MR) is 103 cm³/mol. The molecule has 3 rings (SSSR count). The second-order valence-corrected chi connectivity index (χ2v) is 8.51. The van der Waals surface area contributed by atoms with Gasteiger partial charge in [0, 0.05) is 11.6 Å². The highest BCUT2D eigenvalue weighted by Crippen LogP contribution is 2.23. The van der Waals surface area contributed by atoms with Gasteiger partial charge in [0.1, 0.15) is 0 Å². The van der Waals surface area contributed by atoms with Gasteiger partial charge < -0.3 is 5.32 Å². The number of aryl methyl sites for hydroxylation is 2. The van der Waals surface area contributed by atoms with Crippen LogP contribution in [-0.4, -0.2) is 20.4 Å². The van der Waals surface area contributed by atoms with E-state index in [0.717, 1.165) is 31.2 Å². The topological polar surface area (TPSA) is 75.3 Å². The van der Waals surface area contributed by atoms with E-state index in [9.17, 15) is 13.2 Å². The number of hydrogen-bond donors (Lipinski definition) is 2. The average Bonchev–Trinajstić information content (AvgIpc) is 3.10. The number of hydrogen-bond acceptors (Lipinski definition) is 3. The normalized spacial score (nSPS) is 15.0. The lowest BCUT2D eigenvalue weighted by Gasteiger charge is -2.15. The van der Waals surface area contributed by atoms with Gasteiger partial charge in [-0.05, 0) is 56.0 Å². The minimum Gasteiger partial charge on any atom is -0.349 e. The summed E-state index contributed by atoms with van der Waals surface area (Å²) in [5.74, 6) is -0.218. The van der Waals surface area contributed by atoms with E-state index in [1.165, 1.54) is 6.07 Å². The van der Waals surface area contributed by atoms with E-state index < -0.39 is 10.0 Å². The van der Waals surface area contributed by atoms with Gasteiger partial charge in [0.25, 0.3) is 15.9 Å². The van der Waals surface area contributed by atoms with Gasteiger partial charge >= 0.3 is 0 Å². The predicted octanol–water partition coefficient (Wildman–Crippen LogP) is 3.78. The van der Waals surface area contributed by atoms with Crippen molar-refractivity contribution in [2.45, 2.75) is 50.5 Å². The minimum absolute atomic E-state index is 0.125. The fraction of sp³-hybridized carbons (Fsp3) is 0.350. The smallest absolute Gasteiger partial charge is 0.262 e. The largest absolute Gasteiger partial charge is 0.349 e. The van der Waals surface area contributed by atoms with Crippen molar-refractivity contribution in [2.24, 2.45) is 0 Å². The zero-order valence-electron chi connectivity index (χ0n) is 15.1. The molecule has 1 aliphatic carbocycles. The third-order valence-corrected chi connectivity index (χ3v) is 6.33. The second-order valence-electron chi connectivity index (χ2n) is 6.86. The molecule has 0 saturated heterocycles. The van der Waals surface area contributed by atoms with E-state index in [0.29, 0.717) is 16.8 Å². The number of carbonyl (C=O) groups is 1. The van der Waals surface area contributed by atoms with Crippen LogP contribution in [0.15, 0.2) is 47.4 Å². The number of benzene rings is 2. The van der Waals surface area contributed by atoms with Gasteiger partial charge in [0.05, 0.1) is 10.6 Å². The maximum Gasteiger partial charge on any atom is 0.262 e. The van der Waals surface area contributed by atoms with Gasteiger partial charge in [0.15, 0.2) is 0 Å². The number of sulfonamides is 1. The zero-order chi connectivity index (χ0) is 18.7. The molecule has 26 heavy (non-hydrogen) atoms. The number of rotatable bonds is 5. The second kappa shape index (κ2) is 7.50. The molecule has 0 radical (unpaired) electrons. The van der Waals surface area contributed by atoms with Crippen LogP contribution in [0.4, 0.5) is 5.69 Å². The molecule has 0 atom stereocenters. The Labute approximate surface area is 154 Å². The molecule has 2 aromatic carbocycles. The van der Waals surface area contributed by atoms with Crippen LogP contribution in [0.2, 0.25) is 0 Å². The Morgan fingerprint density at radius 1 is 1.00 bits per heavy atom. The summed E-state index contributed by atoms with van der Waals surface area (Å²) in [5, 5.41) is 3.00. The molecule has 1 saturated carbocycles. The van der Waals surface area contributed by atoms with Crippen molar-refractivity contribution in [1.82, 2.24) is 5.32 Å². The molecule has 1 amide bonds. The van der Waals surface area contributed by atoms with Crippen LogP contribution in [0.3, 0.4) is 0 Å². The van der Waals surface area contributed by atoms with E-state index in [-0.39, 0.29) is 16.8 Å². The fourth-order valence-electron chi connectivity index (χ4n) is 3.26. The Kier molecular flexibility index (Phi) is 5.32. The average molecular weight is 372 g/mol. The molecular formula is C20H24N2O3S. The molecule has 0 heterocycles. The Bertz CT molecular complexity index is 916. The molecule has 6 heteroatoms. The summed E-state index contributed by atoms with van der Waals surface area (Å²) in [7, 11) is -3.78. The van der Waals surface area contributed by atoms with Gasteiger partial charge in [-0.25, -0.2) is 8.42 Å². The molecule has 1 fully saturated rings. The first kappa shape index (κ1) is 18.5. The summed E-state index contributed by atoms with van der Waals surface area (Å²) in [4.78, 5) is 12.6. The van der Waals surface area contributed by atoms with Crippen LogP contribution in [-0.2, 0) is 10.0 Å². The molecule has 0 unspecified atom stereocenters. The first-order chi connectivity index (χ1) is 12.4. The molecule has 5 nitrogen and oxygen atoms in total. The number of carbonyl (C=O) groups excluding carboxylic acids is 1. The third-order valence-electron chi connectivity index (χ3n) is 4.82. The van der Waals surface area contributed by atoms with Crippen LogP contribution >= 0.6 is 0 Å². The summed E-state index contributed by atoms with van der Waals surface area (Å²) >= 11 is 0. The van der Waals surface area contributed by atoms with Crippen LogP contribution in [0.25, 0.3) is 0 Å². The Hall–Kier alpha value is -2.34. The highest BCUT2D eigenvalue weighted by molar-refractivity contribution is 7.92. The van der Waals surface area contributed by atoms with Gasteiger partial charge in [-0.1, -0.05) is 37.1 Å². The van der Waals surface area contributed by atoms with Crippen molar-refractivity contribution < 1.29 is 13.2 Å². The van der Waals surface area contributed by atoms with Gasteiger partial charge in [0.2, 0.25) is 0 Å². The van der Waals surface area contributed by atoms with Crippen molar-refractivity contribution in [2.75, 3.05) is 4.72 Å². The maximum absolute atomic E-state index is 12.9. The molecular weight excluding hydrogens is 348 g/mol. The first-order valence-corrected chi connectivity index (χ1v) is 10.3. The molecule has 0 spiro atoms. The summed E-state index contributed by atoms with van der Waals surface area (Å²) in [6, 6.07) is 12.2. The summed E-state index contributed by atoms with van der Waals surface area (Å²) in [5.41, 5.74) is 2.34. The van der Waals surface area contributed by atoms with Crippen LogP contribution < -0.4 is 10.0 Å². The molecule has 1 aliphatic rings. The number of anilines is 1. The number of para-hydroxylation sites is 1. The molecule has 2 N–H and O–H groups in total. The molecule has 0 bridgehead atoms. The lowest BCUT2D eigenvalue weighted by Crippen LogP contribution is -2.32. The standard InChI is InChI=1S/C20H24N2O3S/c1-14-7-3-6-10-18(14)22-26(24,25)19-13-16(12-11-15(19)2)20(23)21-17-8-4-5-9-17/h3,6-7,10-13,17,22H,4-5,8-9H2,1-2H3,(H,21,23). The van der Waals surface area contributed by atoms with E-state index >= 15 is 0 Å². The lowest BCUT2D eigenvalue weighted by molar-refractivity contribution is 0.0937. The number of nitrogens with one attached hydrogen (secondary N) is 2. The van der Waals surface area contributed by atoms with Crippen LogP contribution in [0.1, 0.15) is 47.2 Å². The summed E-state index contributed by atoms with van der Waals surface area (Å²) < 4.78 is 28.3. The third kappa shape index (κ3) is 4.07.